The van der Waals surface area contributed by atoms with Crippen molar-refractivity contribution in [2.45, 2.75) is 13.8 Å². The number of carbonyl (C=O) groups is 1. The van der Waals surface area contributed by atoms with Crippen molar-refractivity contribution in [1.29, 1.82) is 0 Å². The van der Waals surface area contributed by atoms with Crippen molar-refractivity contribution in [3.8, 4) is 17.2 Å². The lowest BCUT2D eigenvalue weighted by atomic mass is 10.1. The normalized spacial score (nSPS) is 10.9. The number of nitro benzene ring substituents is 1. The number of aryl methyl sites for hydroxylation is 2. The quantitative estimate of drug-likeness (QED) is 0.241. The van der Waals surface area contributed by atoms with Gasteiger partial charge >= 0.3 is 11.3 Å². The van der Waals surface area contributed by atoms with Gasteiger partial charge in [-0.3, -0.25) is 14.9 Å². The second-order valence-electron chi connectivity index (χ2n) is 6.60. The molecule has 0 bridgehead atoms. The Labute approximate surface area is 181 Å². The molecule has 0 saturated heterocycles. The molecule has 0 aliphatic carbocycles. The number of hydrogen-bond donors (Lipinski definition) is 1. The lowest BCUT2D eigenvalue weighted by molar-refractivity contribution is -0.385. The van der Waals surface area contributed by atoms with E-state index in [1.165, 1.54) is 31.2 Å². The first-order chi connectivity index (χ1) is 14.7. The third-order valence-electron chi connectivity index (χ3n) is 4.26. The fourth-order valence-corrected chi connectivity index (χ4v) is 2.87. The lowest BCUT2D eigenvalue weighted by Gasteiger charge is -2.08. The summed E-state index contributed by atoms with van der Waals surface area (Å²) in [6, 6.07) is 10.1. The molecule has 0 fully saturated rings. The van der Waals surface area contributed by atoms with E-state index in [2.05, 4.69) is 0 Å². The second kappa shape index (κ2) is 8.85. The molecule has 1 aromatic heterocycles. The zero-order valence-corrected chi connectivity index (χ0v) is 17.2. The van der Waals surface area contributed by atoms with Crippen molar-refractivity contribution in [3.63, 3.8) is 0 Å². The molecule has 0 saturated carbocycles. The molecule has 8 nitrogen and oxygen atoms in total. The molecule has 0 aliphatic rings. The minimum absolute atomic E-state index is 0.00650. The predicted molar refractivity (Wildman–Crippen MR) is 114 cm³/mol. The highest BCUT2D eigenvalue weighted by Gasteiger charge is 2.18. The number of ether oxygens (including phenoxy) is 1. The topological polar surface area (TPSA) is 120 Å². The SMILES string of the molecule is Cc1cc(O)c(C(=O)/C=C/c2ccc(Oc3ccc(Cl)c(C)c3)c([N+](=O)[O-])c2)c(=O)o1. The fourth-order valence-electron chi connectivity index (χ4n) is 2.75. The van der Waals surface area contributed by atoms with Crippen molar-refractivity contribution in [2.75, 3.05) is 0 Å². The maximum atomic E-state index is 12.3. The molecule has 0 unspecified atom stereocenters. The van der Waals surface area contributed by atoms with E-state index in [1.54, 1.807) is 25.1 Å². The van der Waals surface area contributed by atoms with E-state index < -0.39 is 27.6 Å². The minimum Gasteiger partial charge on any atom is -0.507 e. The van der Waals surface area contributed by atoms with Gasteiger partial charge in [-0.25, -0.2) is 4.79 Å². The van der Waals surface area contributed by atoms with Crippen LogP contribution in [0.5, 0.6) is 17.2 Å². The highest BCUT2D eigenvalue weighted by molar-refractivity contribution is 6.31. The van der Waals surface area contributed by atoms with Crippen LogP contribution in [-0.2, 0) is 0 Å². The Bertz CT molecular complexity index is 1280. The van der Waals surface area contributed by atoms with Crippen LogP contribution in [0.3, 0.4) is 0 Å². The summed E-state index contributed by atoms with van der Waals surface area (Å²) in [5, 5.41) is 21.9. The summed E-state index contributed by atoms with van der Waals surface area (Å²) in [5.41, 5.74) is -0.742. The number of hydrogen-bond acceptors (Lipinski definition) is 7. The second-order valence-corrected chi connectivity index (χ2v) is 7.01. The van der Waals surface area contributed by atoms with Crippen molar-refractivity contribution in [2.24, 2.45) is 0 Å². The van der Waals surface area contributed by atoms with Crippen LogP contribution in [0.25, 0.3) is 6.08 Å². The van der Waals surface area contributed by atoms with E-state index >= 15 is 0 Å². The first kappa shape index (κ1) is 21.8. The van der Waals surface area contributed by atoms with Crippen LogP contribution in [0.2, 0.25) is 5.02 Å². The number of allylic oxidation sites excluding steroid dienone is 1. The monoisotopic (exact) mass is 441 g/mol. The predicted octanol–water partition coefficient (Wildman–Crippen LogP) is 5.21. The molecular weight excluding hydrogens is 426 g/mol. The van der Waals surface area contributed by atoms with Crippen LogP contribution in [0.4, 0.5) is 5.69 Å². The highest BCUT2D eigenvalue weighted by Crippen LogP contribution is 2.33. The molecule has 0 atom stereocenters. The number of ketones is 1. The molecule has 1 heterocycles. The summed E-state index contributed by atoms with van der Waals surface area (Å²) < 4.78 is 10.4. The van der Waals surface area contributed by atoms with Gasteiger partial charge in [-0.2, -0.15) is 0 Å². The summed E-state index contributed by atoms with van der Waals surface area (Å²) in [5.74, 6) is -0.760. The maximum absolute atomic E-state index is 12.3. The molecule has 158 valence electrons. The molecular formula is C22H16ClNO7. The van der Waals surface area contributed by atoms with E-state index in [0.717, 1.165) is 17.7 Å². The third-order valence-corrected chi connectivity index (χ3v) is 4.69. The molecule has 0 radical (unpaired) electrons. The van der Waals surface area contributed by atoms with Crippen molar-refractivity contribution >= 4 is 29.1 Å². The molecule has 3 rings (SSSR count). The lowest BCUT2D eigenvalue weighted by Crippen LogP contribution is -2.12. The van der Waals surface area contributed by atoms with Gasteiger partial charge in [-0.1, -0.05) is 23.7 Å². The molecule has 1 N–H and O–H groups in total. The average Bonchev–Trinajstić information content (AvgIpc) is 2.69. The van der Waals surface area contributed by atoms with Gasteiger partial charge in [0.2, 0.25) is 5.75 Å². The summed E-state index contributed by atoms with van der Waals surface area (Å²) >= 11 is 5.98. The number of benzene rings is 2. The largest absolute Gasteiger partial charge is 0.507 e. The maximum Gasteiger partial charge on any atom is 0.351 e. The van der Waals surface area contributed by atoms with Crippen LogP contribution >= 0.6 is 11.6 Å². The van der Waals surface area contributed by atoms with E-state index in [4.69, 9.17) is 20.8 Å². The number of carbonyl (C=O) groups excluding carboxylic acids is 1. The Hall–Kier alpha value is -3.91. The van der Waals surface area contributed by atoms with Gasteiger partial charge < -0.3 is 14.3 Å². The van der Waals surface area contributed by atoms with Gasteiger partial charge in [-0.15, -0.1) is 0 Å². The zero-order valence-electron chi connectivity index (χ0n) is 16.4. The molecule has 3 aromatic rings. The standard InChI is InChI=1S/C22H16ClNO7/c1-12-9-15(5-6-16(12)23)31-20-8-4-14(11-17(20)24(28)29)3-7-18(25)21-19(26)10-13(2)30-22(21)27/h3-11,26H,1-2H3/b7-3+. The van der Waals surface area contributed by atoms with Crippen LogP contribution in [0.1, 0.15) is 27.2 Å². The third kappa shape index (κ3) is 4.99. The van der Waals surface area contributed by atoms with Gasteiger partial charge in [0.05, 0.1) is 4.92 Å². The van der Waals surface area contributed by atoms with Gasteiger partial charge in [0.1, 0.15) is 22.8 Å². The Morgan fingerprint density at radius 1 is 1.19 bits per heavy atom. The fraction of sp³-hybridized carbons (Fsp3) is 0.0909. The number of nitro groups is 1. The van der Waals surface area contributed by atoms with Crippen molar-refractivity contribution in [3.05, 3.63) is 96.5 Å². The van der Waals surface area contributed by atoms with Gasteiger partial charge in [-0.05, 0) is 55.3 Å². The minimum atomic E-state index is -0.972. The molecule has 0 spiro atoms. The number of nitrogens with zero attached hydrogens (tertiary/aromatic N) is 1. The molecule has 2 aromatic carbocycles. The van der Waals surface area contributed by atoms with Crippen molar-refractivity contribution in [1.82, 2.24) is 0 Å². The van der Waals surface area contributed by atoms with Crippen LogP contribution in [-0.4, -0.2) is 15.8 Å². The zero-order chi connectivity index (χ0) is 22.7. The first-order valence-corrected chi connectivity index (χ1v) is 9.32. The van der Waals surface area contributed by atoms with Crippen LogP contribution < -0.4 is 10.4 Å². The Morgan fingerprint density at radius 3 is 2.58 bits per heavy atom. The summed E-state index contributed by atoms with van der Waals surface area (Å²) in [7, 11) is 0. The van der Waals surface area contributed by atoms with E-state index in [1.807, 2.05) is 0 Å². The Balaban J connectivity index is 1.88. The molecule has 0 amide bonds. The molecule has 31 heavy (non-hydrogen) atoms. The van der Waals surface area contributed by atoms with E-state index in [9.17, 15) is 24.8 Å². The summed E-state index contributed by atoms with van der Waals surface area (Å²) in [6.07, 6.45) is 2.30. The van der Waals surface area contributed by atoms with Crippen molar-refractivity contribution < 1.29 is 24.0 Å². The molecule has 0 aliphatic heterocycles. The van der Waals surface area contributed by atoms with Gasteiger partial charge in [0.15, 0.2) is 5.78 Å². The van der Waals surface area contributed by atoms with E-state index in [-0.39, 0.29) is 17.2 Å². The first-order valence-electron chi connectivity index (χ1n) is 8.94. The Kier molecular flexibility index (Phi) is 6.22. The van der Waals surface area contributed by atoms with Gasteiger partial charge in [0.25, 0.3) is 0 Å². The smallest absolute Gasteiger partial charge is 0.351 e. The number of halogens is 1. The summed E-state index contributed by atoms with van der Waals surface area (Å²) in [4.78, 5) is 35.0. The average molecular weight is 442 g/mol. The molecule has 9 heteroatoms. The highest BCUT2D eigenvalue weighted by atomic mass is 35.5. The van der Waals surface area contributed by atoms with Gasteiger partial charge in [0, 0.05) is 17.2 Å². The van der Waals surface area contributed by atoms with Crippen LogP contribution in [0, 0.1) is 24.0 Å². The summed E-state index contributed by atoms with van der Waals surface area (Å²) in [6.45, 7) is 3.24. The van der Waals surface area contributed by atoms with E-state index in [0.29, 0.717) is 16.3 Å². The number of rotatable bonds is 6. The van der Waals surface area contributed by atoms with Crippen LogP contribution in [0.15, 0.2) is 57.8 Å². The Morgan fingerprint density at radius 2 is 1.94 bits per heavy atom. The number of aromatic hydroxyl groups is 1.